The lowest BCUT2D eigenvalue weighted by molar-refractivity contribution is -0.120. The Balaban J connectivity index is 1.70. The van der Waals surface area contributed by atoms with Gasteiger partial charge >= 0.3 is 0 Å². The number of piperidine rings is 1. The van der Waals surface area contributed by atoms with Crippen LogP contribution in [0, 0.1) is 6.92 Å². The summed E-state index contributed by atoms with van der Waals surface area (Å²) in [6, 6.07) is 13.3. The molecule has 0 saturated carbocycles. The molecule has 126 valence electrons. The second-order valence-corrected chi connectivity index (χ2v) is 6.23. The first-order chi connectivity index (χ1) is 11.6. The van der Waals surface area contributed by atoms with Gasteiger partial charge in [-0.25, -0.2) is 0 Å². The highest BCUT2D eigenvalue weighted by Gasteiger charge is 2.26. The average molecular weight is 325 g/mol. The number of amides is 1. The van der Waals surface area contributed by atoms with Crippen LogP contribution in [0.15, 0.2) is 42.5 Å². The number of nitrogens with one attached hydrogen (secondary N) is 1. The third-order valence-electron chi connectivity index (χ3n) is 4.35. The summed E-state index contributed by atoms with van der Waals surface area (Å²) in [5.74, 6) is 0.524. The molecule has 0 spiro atoms. The molecule has 1 amide bonds. The van der Waals surface area contributed by atoms with Crippen molar-refractivity contribution >= 4 is 11.7 Å². The van der Waals surface area contributed by atoms with E-state index in [1.165, 1.54) is 0 Å². The van der Waals surface area contributed by atoms with Crippen LogP contribution in [0.4, 0.5) is 5.82 Å². The number of aromatic nitrogens is 2. The highest BCUT2D eigenvalue weighted by atomic mass is 16.1. The molecule has 0 unspecified atom stereocenters. The molecule has 2 atom stereocenters. The number of carbonyl (C=O) groups is 1. The smallest absolute Gasteiger partial charge is 0.239 e. The van der Waals surface area contributed by atoms with Gasteiger partial charge in [0.1, 0.15) is 6.04 Å². The van der Waals surface area contributed by atoms with E-state index in [9.17, 15) is 4.79 Å². The van der Waals surface area contributed by atoms with Gasteiger partial charge < -0.3 is 10.6 Å². The Labute approximate surface area is 142 Å². The van der Waals surface area contributed by atoms with E-state index in [2.05, 4.69) is 20.4 Å². The van der Waals surface area contributed by atoms with E-state index in [0.717, 1.165) is 43.0 Å². The molecule has 1 aromatic carbocycles. The molecule has 2 aromatic rings. The van der Waals surface area contributed by atoms with E-state index in [0.29, 0.717) is 0 Å². The fourth-order valence-corrected chi connectivity index (χ4v) is 3.11. The van der Waals surface area contributed by atoms with Crippen molar-refractivity contribution in [3.05, 3.63) is 53.7 Å². The van der Waals surface area contributed by atoms with Crippen LogP contribution in [0.5, 0.6) is 0 Å². The quantitative estimate of drug-likeness (QED) is 0.872. The van der Waals surface area contributed by atoms with Crippen molar-refractivity contribution in [1.82, 2.24) is 15.5 Å². The summed E-state index contributed by atoms with van der Waals surface area (Å²) in [5.41, 5.74) is 7.42. The highest BCUT2D eigenvalue weighted by Crippen LogP contribution is 2.20. The molecule has 1 aliphatic rings. The average Bonchev–Trinajstić information content (AvgIpc) is 2.61. The van der Waals surface area contributed by atoms with Gasteiger partial charge in [-0.05, 0) is 37.5 Å². The largest absolute Gasteiger partial charge is 0.368 e. The highest BCUT2D eigenvalue weighted by molar-refractivity contribution is 5.81. The first kappa shape index (κ1) is 16.4. The molecule has 2 heterocycles. The van der Waals surface area contributed by atoms with E-state index in [1.54, 1.807) is 0 Å². The number of nitrogens with two attached hydrogens (primary N) is 1. The number of aryl methyl sites for hydroxylation is 1. The van der Waals surface area contributed by atoms with Crippen molar-refractivity contribution in [2.45, 2.75) is 31.8 Å². The van der Waals surface area contributed by atoms with Crippen molar-refractivity contribution in [3.63, 3.8) is 0 Å². The van der Waals surface area contributed by atoms with Crippen LogP contribution in [-0.2, 0) is 4.79 Å². The first-order valence-corrected chi connectivity index (χ1v) is 8.29. The molecule has 0 aliphatic carbocycles. The van der Waals surface area contributed by atoms with Crippen molar-refractivity contribution in [1.29, 1.82) is 0 Å². The maximum absolute atomic E-state index is 11.9. The zero-order valence-electron chi connectivity index (χ0n) is 13.9. The van der Waals surface area contributed by atoms with E-state index >= 15 is 0 Å². The SMILES string of the molecule is Cc1ccc(N2CCC[C@@H](N[C@H](C(N)=O)c3ccccc3)C2)nn1. The lowest BCUT2D eigenvalue weighted by Gasteiger charge is -2.35. The number of rotatable bonds is 5. The van der Waals surface area contributed by atoms with Gasteiger partial charge in [0, 0.05) is 19.1 Å². The summed E-state index contributed by atoms with van der Waals surface area (Å²) >= 11 is 0. The van der Waals surface area contributed by atoms with Gasteiger partial charge in [-0.3, -0.25) is 10.1 Å². The fourth-order valence-electron chi connectivity index (χ4n) is 3.11. The monoisotopic (exact) mass is 325 g/mol. The number of benzene rings is 1. The molecular weight excluding hydrogens is 302 g/mol. The Hall–Kier alpha value is -2.47. The predicted molar refractivity (Wildman–Crippen MR) is 93.5 cm³/mol. The van der Waals surface area contributed by atoms with Crippen LogP contribution in [0.3, 0.4) is 0 Å². The van der Waals surface area contributed by atoms with E-state index < -0.39 is 6.04 Å². The van der Waals surface area contributed by atoms with Crippen molar-refractivity contribution in [3.8, 4) is 0 Å². The molecule has 0 radical (unpaired) electrons. The Morgan fingerprint density at radius 1 is 1.25 bits per heavy atom. The molecule has 24 heavy (non-hydrogen) atoms. The van der Waals surface area contributed by atoms with Crippen LogP contribution >= 0.6 is 0 Å². The molecule has 1 saturated heterocycles. The van der Waals surface area contributed by atoms with Crippen molar-refractivity contribution in [2.75, 3.05) is 18.0 Å². The van der Waals surface area contributed by atoms with Crippen molar-refractivity contribution < 1.29 is 4.79 Å². The normalized spacial score (nSPS) is 19.0. The maximum Gasteiger partial charge on any atom is 0.239 e. The molecular formula is C18H23N5O. The minimum absolute atomic E-state index is 0.180. The van der Waals surface area contributed by atoms with E-state index in [-0.39, 0.29) is 11.9 Å². The number of hydrogen-bond donors (Lipinski definition) is 2. The summed E-state index contributed by atoms with van der Waals surface area (Å²) in [6.07, 6.45) is 2.04. The zero-order valence-corrected chi connectivity index (χ0v) is 13.9. The summed E-state index contributed by atoms with van der Waals surface area (Å²) in [5, 5.41) is 11.8. The number of primary amides is 1. The van der Waals surface area contributed by atoms with Crippen molar-refractivity contribution in [2.24, 2.45) is 5.73 Å². The lowest BCUT2D eigenvalue weighted by atomic mass is 10.0. The van der Waals surface area contributed by atoms with Gasteiger partial charge in [0.2, 0.25) is 5.91 Å². The van der Waals surface area contributed by atoms with Crippen LogP contribution in [0.25, 0.3) is 0 Å². The molecule has 1 aliphatic heterocycles. The second kappa shape index (κ2) is 7.40. The van der Waals surface area contributed by atoms with E-state index in [4.69, 9.17) is 5.73 Å². The van der Waals surface area contributed by atoms with Gasteiger partial charge in [-0.15, -0.1) is 5.10 Å². The lowest BCUT2D eigenvalue weighted by Crippen LogP contribution is -2.49. The molecule has 1 fully saturated rings. The summed E-state index contributed by atoms with van der Waals surface area (Å²) in [4.78, 5) is 14.1. The Bertz CT molecular complexity index is 674. The van der Waals surface area contributed by atoms with E-state index in [1.807, 2.05) is 49.4 Å². The minimum Gasteiger partial charge on any atom is -0.368 e. The Morgan fingerprint density at radius 2 is 2.04 bits per heavy atom. The number of anilines is 1. The predicted octanol–water partition coefficient (Wildman–Crippen LogP) is 1.57. The van der Waals surface area contributed by atoms with Crippen LogP contribution in [-0.4, -0.2) is 35.2 Å². The van der Waals surface area contributed by atoms with Gasteiger partial charge in [0.05, 0.1) is 5.69 Å². The fraction of sp³-hybridized carbons (Fsp3) is 0.389. The second-order valence-electron chi connectivity index (χ2n) is 6.23. The van der Waals surface area contributed by atoms with Crippen LogP contribution in [0.1, 0.15) is 30.1 Å². The van der Waals surface area contributed by atoms with Gasteiger partial charge in [0.25, 0.3) is 0 Å². The Kier molecular flexibility index (Phi) is 5.05. The summed E-state index contributed by atoms with van der Waals surface area (Å²) < 4.78 is 0. The van der Waals surface area contributed by atoms with Crippen LogP contribution < -0.4 is 16.0 Å². The zero-order chi connectivity index (χ0) is 16.9. The molecule has 0 bridgehead atoms. The topological polar surface area (TPSA) is 84.1 Å². The van der Waals surface area contributed by atoms with Gasteiger partial charge in [-0.2, -0.15) is 5.10 Å². The molecule has 3 N–H and O–H groups in total. The number of carbonyl (C=O) groups excluding carboxylic acids is 1. The maximum atomic E-state index is 11.9. The third-order valence-corrected chi connectivity index (χ3v) is 4.35. The molecule has 6 nitrogen and oxygen atoms in total. The first-order valence-electron chi connectivity index (χ1n) is 8.29. The molecule has 1 aromatic heterocycles. The van der Waals surface area contributed by atoms with Gasteiger partial charge in [-0.1, -0.05) is 30.3 Å². The summed E-state index contributed by atoms with van der Waals surface area (Å²) in [6.45, 7) is 3.66. The number of hydrogen-bond acceptors (Lipinski definition) is 5. The molecule has 6 heteroatoms. The van der Waals surface area contributed by atoms with Crippen LogP contribution in [0.2, 0.25) is 0 Å². The molecule has 3 rings (SSSR count). The number of nitrogens with zero attached hydrogens (tertiary/aromatic N) is 3. The minimum atomic E-state index is -0.472. The van der Waals surface area contributed by atoms with Gasteiger partial charge in [0.15, 0.2) is 5.82 Å². The standard InChI is InChI=1S/C18H23N5O/c1-13-9-10-16(22-21-13)23-11-5-8-15(12-23)20-17(18(19)24)14-6-3-2-4-7-14/h2-4,6-7,9-10,15,17,20H,5,8,11-12H2,1H3,(H2,19,24)/t15-,17+/m1/s1. The Morgan fingerprint density at radius 3 is 2.71 bits per heavy atom. The summed E-state index contributed by atoms with van der Waals surface area (Å²) in [7, 11) is 0. The third kappa shape index (κ3) is 3.89.